The summed E-state index contributed by atoms with van der Waals surface area (Å²) in [5.74, 6) is 0.905. The fraction of sp³-hybridized carbons (Fsp3) is 0.700. The van der Waals surface area contributed by atoms with Crippen LogP contribution in [0.25, 0.3) is 0 Å². The molecule has 4 unspecified atom stereocenters. The smallest absolute Gasteiger partial charge is 0.219 e. The summed E-state index contributed by atoms with van der Waals surface area (Å²) in [6.45, 7) is 3.26. The van der Waals surface area contributed by atoms with Crippen molar-refractivity contribution in [2.45, 2.75) is 54.4 Å². The van der Waals surface area contributed by atoms with E-state index in [9.17, 15) is 0 Å². The number of methoxy groups -OCH3 is 2. The second kappa shape index (κ2) is 5.22. The van der Waals surface area contributed by atoms with Crippen LogP contribution in [0.4, 0.5) is 0 Å². The van der Waals surface area contributed by atoms with Crippen molar-refractivity contribution < 1.29 is 14.2 Å². The Bertz CT molecular complexity index is 734. The normalized spacial score (nSPS) is 40.5. The lowest BCUT2D eigenvalue weighted by atomic mass is 9.50. The number of aryl methyl sites for hydroxylation is 1. The molecule has 2 fully saturated rings. The number of hydrogen-bond acceptors (Lipinski definition) is 4. The lowest BCUT2D eigenvalue weighted by Crippen LogP contribution is -2.73. The zero-order chi connectivity index (χ0) is 17.6. The van der Waals surface area contributed by atoms with Gasteiger partial charge in [0.25, 0.3) is 0 Å². The van der Waals surface area contributed by atoms with Gasteiger partial charge in [-0.05, 0) is 56.8 Å². The van der Waals surface area contributed by atoms with Gasteiger partial charge in [0.1, 0.15) is 5.75 Å². The highest BCUT2D eigenvalue weighted by Gasteiger charge is 2.72. The van der Waals surface area contributed by atoms with E-state index in [1.165, 1.54) is 16.7 Å². The van der Waals surface area contributed by atoms with Crippen LogP contribution in [-0.4, -0.2) is 55.5 Å². The van der Waals surface area contributed by atoms with E-state index in [-0.39, 0.29) is 16.3 Å². The van der Waals surface area contributed by atoms with Crippen LogP contribution in [0, 0.1) is 12.8 Å². The van der Waals surface area contributed by atoms with Gasteiger partial charge in [-0.2, -0.15) is 0 Å². The minimum absolute atomic E-state index is 0.00238. The zero-order valence-electron chi connectivity index (χ0n) is 15.3. The van der Waals surface area contributed by atoms with Gasteiger partial charge in [0, 0.05) is 31.2 Å². The number of hydrogen-bond donors (Lipinski definition) is 0. The van der Waals surface area contributed by atoms with Crippen molar-refractivity contribution in [3.63, 3.8) is 0 Å². The molecule has 0 amide bonds. The number of nitrogens with zero attached hydrogens (tertiary/aromatic N) is 1. The average molecular weight is 408 g/mol. The lowest BCUT2D eigenvalue weighted by molar-refractivity contribution is -0.286. The average Bonchev–Trinajstić information content (AvgIpc) is 2.96. The summed E-state index contributed by atoms with van der Waals surface area (Å²) in [4.78, 5) is 2.67. The monoisotopic (exact) mass is 407 g/mol. The van der Waals surface area contributed by atoms with E-state index < -0.39 is 5.79 Å². The highest BCUT2D eigenvalue weighted by Crippen LogP contribution is 2.65. The van der Waals surface area contributed by atoms with Gasteiger partial charge in [-0.15, -0.1) is 0 Å². The molecule has 2 heterocycles. The molecule has 2 bridgehead atoms. The molecule has 5 atom stereocenters. The molecule has 4 aliphatic rings. The topological polar surface area (TPSA) is 30.9 Å². The molecule has 4 nitrogen and oxygen atoms in total. The maximum atomic E-state index is 6.71. The molecule has 5 heteroatoms. The van der Waals surface area contributed by atoms with Crippen molar-refractivity contribution in [2.75, 3.05) is 27.8 Å². The Kier molecular flexibility index (Phi) is 3.45. The Balaban J connectivity index is 1.80. The second-order valence-electron chi connectivity index (χ2n) is 8.23. The van der Waals surface area contributed by atoms with Crippen LogP contribution in [-0.2, 0) is 21.3 Å². The predicted molar refractivity (Wildman–Crippen MR) is 99.6 cm³/mol. The number of benzene rings is 1. The van der Waals surface area contributed by atoms with Crippen LogP contribution < -0.4 is 4.74 Å². The lowest BCUT2D eigenvalue weighted by Gasteiger charge is -2.62. The molecule has 0 radical (unpaired) electrons. The molecule has 5 rings (SSSR count). The van der Waals surface area contributed by atoms with Crippen LogP contribution in [0.5, 0.6) is 5.75 Å². The second-order valence-corrected chi connectivity index (χ2v) is 9.33. The molecule has 0 N–H and O–H groups in total. The summed E-state index contributed by atoms with van der Waals surface area (Å²) in [7, 11) is 5.79. The Morgan fingerprint density at radius 2 is 2.04 bits per heavy atom. The molecule has 2 aliphatic heterocycles. The van der Waals surface area contributed by atoms with Crippen LogP contribution >= 0.6 is 15.9 Å². The molecule has 1 saturated heterocycles. The van der Waals surface area contributed by atoms with Gasteiger partial charge in [0.2, 0.25) is 5.79 Å². The predicted octanol–water partition coefficient (Wildman–Crippen LogP) is 3.03. The fourth-order valence-corrected chi connectivity index (χ4v) is 7.37. The third-order valence-electron chi connectivity index (χ3n) is 7.51. The first kappa shape index (κ1) is 16.5. The standard InChI is InChI=1S/C20H26BrNO3/c1-11-5-6-12-9-14-13-10-15(21)20(23-3,24-4)18-19(13,7-8-22(14)2)16(12)17(11)25-18/h5-6,13-15,18H,7-10H2,1-4H3/t13?,14-,15?,18?,19?/m0/s1. The summed E-state index contributed by atoms with van der Waals surface area (Å²) in [6, 6.07) is 5.10. The van der Waals surface area contributed by atoms with Crippen LogP contribution in [0.15, 0.2) is 12.1 Å². The van der Waals surface area contributed by atoms with Crippen molar-refractivity contribution in [3.8, 4) is 5.75 Å². The van der Waals surface area contributed by atoms with Crippen molar-refractivity contribution in [2.24, 2.45) is 5.92 Å². The molecule has 1 spiro atoms. The van der Waals surface area contributed by atoms with E-state index in [2.05, 4.69) is 46.9 Å². The van der Waals surface area contributed by atoms with Crippen molar-refractivity contribution in [3.05, 3.63) is 28.8 Å². The quantitative estimate of drug-likeness (QED) is 0.556. The van der Waals surface area contributed by atoms with Gasteiger partial charge in [-0.3, -0.25) is 0 Å². The van der Waals surface area contributed by atoms with E-state index in [1.54, 1.807) is 14.2 Å². The molecule has 0 aromatic heterocycles. The maximum Gasteiger partial charge on any atom is 0.219 e. The van der Waals surface area contributed by atoms with E-state index in [0.717, 1.165) is 31.6 Å². The number of alkyl halides is 1. The summed E-state index contributed by atoms with van der Waals surface area (Å²) in [5, 5.41) is 0. The first-order valence-electron chi connectivity index (χ1n) is 9.23. The van der Waals surface area contributed by atoms with E-state index >= 15 is 0 Å². The molecule has 25 heavy (non-hydrogen) atoms. The van der Waals surface area contributed by atoms with E-state index in [4.69, 9.17) is 14.2 Å². The number of likely N-dealkylation sites (tertiary alicyclic amines) is 1. The van der Waals surface area contributed by atoms with Crippen LogP contribution in [0.2, 0.25) is 0 Å². The number of ether oxygens (including phenoxy) is 3. The molecule has 1 saturated carbocycles. The molecule has 1 aromatic rings. The molecule has 2 aliphatic carbocycles. The van der Waals surface area contributed by atoms with Gasteiger partial charge in [0.15, 0.2) is 6.10 Å². The van der Waals surface area contributed by atoms with Gasteiger partial charge in [-0.25, -0.2) is 0 Å². The Hall–Kier alpha value is -0.620. The van der Waals surface area contributed by atoms with Crippen molar-refractivity contribution >= 4 is 15.9 Å². The van der Waals surface area contributed by atoms with E-state index in [0.29, 0.717) is 12.0 Å². The highest BCUT2D eigenvalue weighted by molar-refractivity contribution is 9.09. The molecule has 136 valence electrons. The minimum atomic E-state index is -0.753. The molecular formula is C20H26BrNO3. The van der Waals surface area contributed by atoms with Gasteiger partial charge in [-0.1, -0.05) is 28.1 Å². The van der Waals surface area contributed by atoms with Gasteiger partial charge >= 0.3 is 0 Å². The number of likely N-dealkylation sites (N-methyl/N-ethyl adjacent to an activating group) is 1. The van der Waals surface area contributed by atoms with Gasteiger partial charge < -0.3 is 19.1 Å². The molecule has 1 aromatic carbocycles. The fourth-order valence-electron chi connectivity index (χ4n) is 6.35. The number of rotatable bonds is 2. The summed E-state index contributed by atoms with van der Waals surface area (Å²) < 4.78 is 18.8. The third-order valence-corrected chi connectivity index (χ3v) is 8.52. The Labute approximate surface area is 157 Å². The van der Waals surface area contributed by atoms with E-state index in [1.807, 2.05) is 0 Å². The minimum Gasteiger partial charge on any atom is -0.483 e. The third kappa shape index (κ3) is 1.74. The van der Waals surface area contributed by atoms with Crippen LogP contribution in [0.1, 0.15) is 29.5 Å². The highest BCUT2D eigenvalue weighted by atomic mass is 79.9. The van der Waals surface area contributed by atoms with Crippen molar-refractivity contribution in [1.29, 1.82) is 0 Å². The number of piperidine rings is 1. The zero-order valence-corrected chi connectivity index (χ0v) is 16.9. The van der Waals surface area contributed by atoms with Gasteiger partial charge in [0.05, 0.1) is 4.83 Å². The largest absolute Gasteiger partial charge is 0.483 e. The first-order valence-corrected chi connectivity index (χ1v) is 10.2. The number of halogens is 1. The Morgan fingerprint density at radius 1 is 1.28 bits per heavy atom. The first-order chi connectivity index (χ1) is 12.0. The SMILES string of the molecule is COC1(OC)C(Br)CC2[C@@H]3Cc4ccc(C)c5c4C2(CCN3C)C1O5. The Morgan fingerprint density at radius 3 is 2.76 bits per heavy atom. The molecular weight excluding hydrogens is 382 g/mol. The summed E-state index contributed by atoms with van der Waals surface area (Å²) >= 11 is 3.91. The summed E-state index contributed by atoms with van der Waals surface area (Å²) in [5.41, 5.74) is 4.16. The summed E-state index contributed by atoms with van der Waals surface area (Å²) in [6.07, 6.45) is 3.16. The maximum absolute atomic E-state index is 6.71. The van der Waals surface area contributed by atoms with Crippen LogP contribution in [0.3, 0.4) is 0 Å². The van der Waals surface area contributed by atoms with Crippen molar-refractivity contribution in [1.82, 2.24) is 4.90 Å².